The van der Waals surface area contributed by atoms with Gasteiger partial charge in [-0.2, -0.15) is 0 Å². The molecule has 2 aromatic rings. The molecule has 0 saturated carbocycles. The number of para-hydroxylation sites is 1. The molecule has 0 spiro atoms. The quantitative estimate of drug-likeness (QED) is 0.409. The van der Waals surface area contributed by atoms with Crippen LogP contribution in [0.1, 0.15) is 38.4 Å². The number of benzene rings is 2. The molecular weight excluding hydrogens is 442 g/mol. The number of nitrogens with one attached hydrogen (secondary N) is 1. The fraction of sp³-hybridized carbons (Fsp3) is 0.360. The number of fused-ring (bicyclic) bond motifs is 1. The first-order valence-electron chi connectivity index (χ1n) is 10.9. The predicted octanol–water partition coefficient (Wildman–Crippen LogP) is 4.52. The number of hydrogen-bond acceptors (Lipinski definition) is 7. The van der Waals surface area contributed by atoms with Gasteiger partial charge in [0.15, 0.2) is 11.5 Å². The fourth-order valence-electron chi connectivity index (χ4n) is 3.63. The number of ether oxygens (including phenoxy) is 4. The maximum atomic E-state index is 12.9. The van der Waals surface area contributed by atoms with Gasteiger partial charge in [0.1, 0.15) is 18.5 Å². The number of aliphatic hydroxyl groups excluding tert-OH is 1. The van der Waals surface area contributed by atoms with E-state index in [-0.39, 0.29) is 20.0 Å². The Labute approximate surface area is 197 Å². The molecule has 9 heteroatoms. The van der Waals surface area contributed by atoms with Gasteiger partial charge < -0.3 is 29.2 Å². The van der Waals surface area contributed by atoms with Crippen LogP contribution >= 0.6 is 0 Å². The van der Waals surface area contributed by atoms with Gasteiger partial charge >= 0.3 is 12.1 Å². The average Bonchev–Trinajstić information content (AvgIpc) is 3.27. The van der Waals surface area contributed by atoms with E-state index < -0.39 is 23.6 Å². The van der Waals surface area contributed by atoms with Crippen molar-refractivity contribution in [2.45, 2.75) is 32.8 Å². The average molecular weight is 472 g/mol. The second kappa shape index (κ2) is 11.4. The highest BCUT2D eigenvalue weighted by atomic mass is 16.7. The molecule has 1 atom stereocenters. The Morgan fingerprint density at radius 3 is 2.71 bits per heavy atom. The third-order valence-electron chi connectivity index (χ3n) is 5.32. The molecule has 0 aliphatic carbocycles. The first-order valence-corrected chi connectivity index (χ1v) is 10.9. The van der Waals surface area contributed by atoms with Crippen LogP contribution in [0.3, 0.4) is 0 Å². The summed E-state index contributed by atoms with van der Waals surface area (Å²) in [4.78, 5) is 23.7. The van der Waals surface area contributed by atoms with Gasteiger partial charge in [-0.25, -0.2) is 9.59 Å². The van der Waals surface area contributed by atoms with Crippen LogP contribution in [-0.4, -0.2) is 42.3 Å². The number of carboxylic acid groups (broad SMARTS) is 1. The monoisotopic (exact) mass is 471 g/mol. The van der Waals surface area contributed by atoms with Crippen molar-refractivity contribution in [3.05, 3.63) is 60.2 Å². The minimum atomic E-state index is -1.02. The van der Waals surface area contributed by atoms with Crippen LogP contribution in [0.25, 0.3) is 0 Å². The van der Waals surface area contributed by atoms with Gasteiger partial charge in [-0.15, -0.1) is 0 Å². The van der Waals surface area contributed by atoms with Crippen molar-refractivity contribution in [3.8, 4) is 17.2 Å². The summed E-state index contributed by atoms with van der Waals surface area (Å²) in [6.45, 7) is 3.93. The molecule has 0 saturated heterocycles. The minimum Gasteiger partial charge on any atom is -0.491 e. The summed E-state index contributed by atoms with van der Waals surface area (Å²) < 4.78 is 22.2. The number of aliphatic carboxylic acids is 1. The number of hydrogen-bond donors (Lipinski definition) is 3. The molecule has 3 N–H and O–H groups in total. The van der Waals surface area contributed by atoms with Gasteiger partial charge in [-0.3, -0.25) is 5.32 Å². The number of allylic oxidation sites excluding steroid dienone is 1. The Morgan fingerprint density at radius 1 is 1.18 bits per heavy atom. The highest BCUT2D eigenvalue weighted by Crippen LogP contribution is 2.44. The van der Waals surface area contributed by atoms with E-state index in [4.69, 9.17) is 24.1 Å². The van der Waals surface area contributed by atoms with Gasteiger partial charge in [0, 0.05) is 28.8 Å². The molecule has 0 unspecified atom stereocenters. The number of aliphatic hydroxyl groups is 1. The highest BCUT2D eigenvalue weighted by Gasteiger charge is 2.36. The number of anilines is 1. The number of carbonyl (C=O) groups excluding carboxylic acids is 1. The molecule has 0 aromatic heterocycles. The summed E-state index contributed by atoms with van der Waals surface area (Å²) in [5.41, 5.74) is 0.539. The lowest BCUT2D eigenvalue weighted by Gasteiger charge is -2.35. The summed E-state index contributed by atoms with van der Waals surface area (Å²) in [5, 5.41) is 20.8. The Morgan fingerprint density at radius 2 is 1.94 bits per heavy atom. The molecule has 0 bridgehead atoms. The Balaban J connectivity index is 1.82. The zero-order valence-electron chi connectivity index (χ0n) is 19.2. The van der Waals surface area contributed by atoms with Crippen LogP contribution in [0.4, 0.5) is 10.5 Å². The molecule has 1 aliphatic rings. The zero-order chi connectivity index (χ0) is 24.6. The summed E-state index contributed by atoms with van der Waals surface area (Å²) >= 11 is 0. The molecule has 1 aliphatic heterocycles. The molecule has 9 nitrogen and oxygen atoms in total. The Kier molecular flexibility index (Phi) is 8.37. The lowest BCUT2D eigenvalue weighted by Crippen LogP contribution is -2.29. The number of rotatable bonds is 11. The minimum absolute atomic E-state index is 0.0922. The van der Waals surface area contributed by atoms with Crippen molar-refractivity contribution in [2.24, 2.45) is 5.41 Å². The fourth-order valence-corrected chi connectivity index (χ4v) is 3.63. The van der Waals surface area contributed by atoms with Crippen molar-refractivity contribution in [2.75, 3.05) is 25.3 Å². The van der Waals surface area contributed by atoms with Crippen LogP contribution in [0.15, 0.2) is 54.6 Å². The van der Waals surface area contributed by atoms with Crippen LogP contribution in [0.2, 0.25) is 0 Å². The number of carbonyl (C=O) groups is 2. The van der Waals surface area contributed by atoms with E-state index >= 15 is 0 Å². The van der Waals surface area contributed by atoms with E-state index in [1.54, 1.807) is 42.5 Å². The molecule has 0 fully saturated rings. The molecular formula is C25H29NO8. The van der Waals surface area contributed by atoms with E-state index in [2.05, 4.69) is 5.32 Å². The Hall–Kier alpha value is -3.72. The highest BCUT2D eigenvalue weighted by molar-refractivity contribution is 5.85. The van der Waals surface area contributed by atoms with Crippen LogP contribution in [-0.2, 0) is 9.53 Å². The lowest BCUT2D eigenvalue weighted by molar-refractivity contribution is -0.131. The molecule has 182 valence electrons. The van der Waals surface area contributed by atoms with Gasteiger partial charge in [0.2, 0.25) is 6.79 Å². The van der Waals surface area contributed by atoms with E-state index in [9.17, 15) is 14.7 Å². The summed E-state index contributed by atoms with van der Waals surface area (Å²) in [6, 6.07) is 12.2. The second-order valence-corrected chi connectivity index (χ2v) is 8.36. The zero-order valence-corrected chi connectivity index (χ0v) is 19.2. The van der Waals surface area contributed by atoms with Crippen molar-refractivity contribution in [3.63, 3.8) is 0 Å². The molecule has 1 heterocycles. The summed E-state index contributed by atoms with van der Waals surface area (Å²) in [5.74, 6) is 0.605. The predicted molar refractivity (Wildman–Crippen MR) is 124 cm³/mol. The first kappa shape index (κ1) is 24.9. The molecule has 0 radical (unpaired) electrons. The van der Waals surface area contributed by atoms with Crippen LogP contribution in [0.5, 0.6) is 17.2 Å². The van der Waals surface area contributed by atoms with E-state index in [1.165, 1.54) is 0 Å². The third kappa shape index (κ3) is 6.64. The van der Waals surface area contributed by atoms with Gasteiger partial charge in [0.05, 0.1) is 6.61 Å². The van der Waals surface area contributed by atoms with E-state index in [1.807, 2.05) is 19.9 Å². The van der Waals surface area contributed by atoms with E-state index in [0.29, 0.717) is 41.3 Å². The number of carboxylic acids is 1. The molecule has 3 rings (SSSR count). The topological polar surface area (TPSA) is 124 Å². The summed E-state index contributed by atoms with van der Waals surface area (Å²) in [7, 11) is 0. The van der Waals surface area contributed by atoms with Crippen molar-refractivity contribution in [1.82, 2.24) is 0 Å². The number of amides is 1. The van der Waals surface area contributed by atoms with Gasteiger partial charge in [-0.05, 0) is 31.0 Å². The van der Waals surface area contributed by atoms with Gasteiger partial charge in [-0.1, -0.05) is 38.1 Å². The smallest absolute Gasteiger partial charge is 0.412 e. The van der Waals surface area contributed by atoms with Gasteiger partial charge in [0.25, 0.3) is 0 Å². The molecule has 2 aromatic carbocycles. The van der Waals surface area contributed by atoms with Crippen molar-refractivity contribution in [1.29, 1.82) is 0 Å². The third-order valence-corrected chi connectivity index (χ3v) is 5.32. The summed E-state index contributed by atoms with van der Waals surface area (Å²) in [6.07, 6.45) is 2.28. The largest absolute Gasteiger partial charge is 0.491 e. The molecule has 34 heavy (non-hydrogen) atoms. The Bertz CT molecular complexity index is 1030. The van der Waals surface area contributed by atoms with Crippen LogP contribution < -0.4 is 19.5 Å². The molecule has 1 amide bonds. The normalized spacial score (nSPS) is 13.5. The maximum absolute atomic E-state index is 12.9. The second-order valence-electron chi connectivity index (χ2n) is 8.36. The van der Waals surface area contributed by atoms with Crippen LogP contribution in [0, 0.1) is 5.41 Å². The van der Waals surface area contributed by atoms with Crippen molar-refractivity contribution < 1.29 is 38.7 Å². The SMILES string of the molecule is CC(C)(CC/C=C/C(=O)O)[C@H](OC(=O)Nc1ccc2c(c1)OCO2)c1ccccc1OCCO. The van der Waals surface area contributed by atoms with Crippen molar-refractivity contribution >= 4 is 17.7 Å². The first-order chi connectivity index (χ1) is 16.3. The lowest BCUT2D eigenvalue weighted by atomic mass is 9.78. The van der Waals surface area contributed by atoms with E-state index in [0.717, 1.165) is 6.08 Å². The maximum Gasteiger partial charge on any atom is 0.412 e. The standard InChI is InChI=1S/C25H29NO8/c1-25(2,12-6-5-9-22(28)29)23(18-7-3-4-8-19(18)31-14-13-27)34-24(30)26-17-10-11-20-21(15-17)33-16-32-20/h3-5,7-11,15,23,27H,6,12-14,16H2,1-2H3,(H,26,30)(H,28,29)/b9-5+/t23-/m1/s1.